The van der Waals surface area contributed by atoms with Gasteiger partial charge in [0.05, 0.1) is 4.92 Å². The number of nitro groups is 1. The van der Waals surface area contributed by atoms with Crippen LogP contribution in [0.2, 0.25) is 0 Å². The molecular formula is C15H11F3N2O3. The van der Waals surface area contributed by atoms with Gasteiger partial charge < -0.3 is 5.32 Å². The summed E-state index contributed by atoms with van der Waals surface area (Å²) in [5, 5.41) is 13.0. The molecule has 0 saturated carbocycles. The molecule has 0 unspecified atom stereocenters. The summed E-state index contributed by atoms with van der Waals surface area (Å²) in [5.74, 6) is -0.601. The number of nitrogens with zero attached hydrogens (tertiary/aromatic N) is 1. The highest BCUT2D eigenvalue weighted by Crippen LogP contribution is 2.37. The molecule has 0 radical (unpaired) electrons. The maximum atomic E-state index is 12.9. The summed E-state index contributed by atoms with van der Waals surface area (Å²) < 4.78 is 38.7. The smallest absolute Gasteiger partial charge is 0.322 e. The minimum Gasteiger partial charge on any atom is -0.322 e. The number of hydrogen-bond acceptors (Lipinski definition) is 3. The van der Waals surface area contributed by atoms with Crippen molar-refractivity contribution >= 4 is 17.3 Å². The molecule has 0 bridgehead atoms. The van der Waals surface area contributed by atoms with Crippen molar-refractivity contribution in [2.75, 3.05) is 5.32 Å². The van der Waals surface area contributed by atoms with E-state index in [1.807, 2.05) is 0 Å². The van der Waals surface area contributed by atoms with E-state index in [4.69, 9.17) is 0 Å². The first-order valence-corrected chi connectivity index (χ1v) is 6.42. The van der Waals surface area contributed by atoms with Gasteiger partial charge in [-0.25, -0.2) is 0 Å². The van der Waals surface area contributed by atoms with E-state index in [1.54, 1.807) is 25.1 Å². The summed E-state index contributed by atoms with van der Waals surface area (Å²) in [6.07, 6.45) is -4.90. The van der Waals surface area contributed by atoms with Gasteiger partial charge in [0.1, 0.15) is 5.56 Å². The number of anilines is 1. The van der Waals surface area contributed by atoms with Crippen molar-refractivity contribution in [3.05, 3.63) is 69.3 Å². The maximum Gasteiger partial charge on any atom is 0.423 e. The van der Waals surface area contributed by atoms with E-state index in [1.165, 1.54) is 6.07 Å². The number of halogens is 3. The van der Waals surface area contributed by atoms with Crippen molar-refractivity contribution in [1.29, 1.82) is 0 Å². The lowest BCUT2D eigenvalue weighted by molar-refractivity contribution is -0.388. The van der Waals surface area contributed by atoms with Crippen LogP contribution in [0.1, 0.15) is 21.5 Å². The lowest BCUT2D eigenvalue weighted by Crippen LogP contribution is -2.14. The van der Waals surface area contributed by atoms with Crippen LogP contribution < -0.4 is 5.32 Å². The average molecular weight is 324 g/mol. The fourth-order valence-corrected chi connectivity index (χ4v) is 1.99. The Morgan fingerprint density at radius 1 is 1.17 bits per heavy atom. The lowest BCUT2D eigenvalue weighted by atomic mass is 10.1. The van der Waals surface area contributed by atoms with Gasteiger partial charge in [0, 0.05) is 17.3 Å². The molecule has 1 N–H and O–H groups in total. The maximum absolute atomic E-state index is 12.9. The van der Waals surface area contributed by atoms with Crippen LogP contribution in [0.15, 0.2) is 42.5 Å². The predicted molar refractivity (Wildman–Crippen MR) is 77.2 cm³/mol. The molecule has 0 aliphatic carbocycles. The van der Waals surface area contributed by atoms with Gasteiger partial charge in [0.2, 0.25) is 0 Å². The van der Waals surface area contributed by atoms with Gasteiger partial charge in [-0.05, 0) is 31.2 Å². The first-order chi connectivity index (χ1) is 10.7. The Labute approximate surface area is 128 Å². The molecule has 0 heterocycles. The molecule has 2 aromatic carbocycles. The van der Waals surface area contributed by atoms with Crippen molar-refractivity contribution < 1.29 is 22.9 Å². The number of carbonyl (C=O) groups is 1. The highest BCUT2D eigenvalue weighted by molar-refractivity contribution is 6.04. The summed E-state index contributed by atoms with van der Waals surface area (Å²) in [4.78, 5) is 21.6. The second-order valence-electron chi connectivity index (χ2n) is 4.81. The van der Waals surface area contributed by atoms with E-state index >= 15 is 0 Å². The summed E-state index contributed by atoms with van der Waals surface area (Å²) in [5.41, 5.74) is -1.56. The fraction of sp³-hybridized carbons (Fsp3) is 0.133. The Balaban J connectivity index is 2.34. The SMILES string of the molecule is Cc1cccc(C(=O)Nc2ccc([N+](=O)[O-])c(C(F)(F)F)c2)c1. The topological polar surface area (TPSA) is 72.2 Å². The van der Waals surface area contributed by atoms with E-state index in [2.05, 4.69) is 5.32 Å². The molecule has 0 aliphatic rings. The molecule has 8 heteroatoms. The lowest BCUT2D eigenvalue weighted by Gasteiger charge is -2.11. The number of nitro benzene ring substituents is 1. The first kappa shape index (κ1) is 16.5. The molecule has 0 fully saturated rings. The average Bonchev–Trinajstić information content (AvgIpc) is 2.46. The van der Waals surface area contributed by atoms with Crippen LogP contribution >= 0.6 is 0 Å². The van der Waals surface area contributed by atoms with E-state index in [9.17, 15) is 28.1 Å². The third-order valence-corrected chi connectivity index (χ3v) is 3.04. The molecule has 5 nitrogen and oxygen atoms in total. The zero-order chi connectivity index (χ0) is 17.2. The molecule has 0 saturated heterocycles. The number of carbonyl (C=O) groups excluding carboxylic acids is 1. The fourth-order valence-electron chi connectivity index (χ4n) is 1.99. The normalized spacial score (nSPS) is 11.1. The van der Waals surface area contributed by atoms with Crippen LogP contribution in [0.4, 0.5) is 24.5 Å². The third kappa shape index (κ3) is 3.85. The van der Waals surface area contributed by atoms with E-state index in [0.29, 0.717) is 12.1 Å². The van der Waals surface area contributed by atoms with Gasteiger partial charge in [0.25, 0.3) is 11.6 Å². The second-order valence-corrected chi connectivity index (χ2v) is 4.81. The standard InChI is InChI=1S/C15H11F3N2O3/c1-9-3-2-4-10(7-9)14(21)19-11-5-6-13(20(22)23)12(8-11)15(16,17)18/h2-8H,1H3,(H,19,21). The van der Waals surface area contributed by atoms with Crippen molar-refractivity contribution in [1.82, 2.24) is 0 Å². The van der Waals surface area contributed by atoms with Crippen molar-refractivity contribution in [3.63, 3.8) is 0 Å². The molecule has 1 amide bonds. The molecule has 0 aliphatic heterocycles. The molecule has 0 spiro atoms. The van der Waals surface area contributed by atoms with Gasteiger partial charge in [-0.2, -0.15) is 13.2 Å². The van der Waals surface area contributed by atoms with E-state index in [0.717, 1.165) is 11.6 Å². The molecule has 0 atom stereocenters. The zero-order valence-electron chi connectivity index (χ0n) is 11.8. The summed E-state index contributed by atoms with van der Waals surface area (Å²) in [7, 11) is 0. The molecule has 0 aromatic heterocycles. The highest BCUT2D eigenvalue weighted by atomic mass is 19.4. The third-order valence-electron chi connectivity index (χ3n) is 3.04. The Kier molecular flexibility index (Phi) is 4.35. The van der Waals surface area contributed by atoms with Crippen molar-refractivity contribution in [2.45, 2.75) is 13.1 Å². The zero-order valence-corrected chi connectivity index (χ0v) is 11.8. The van der Waals surface area contributed by atoms with Crippen LogP contribution in [0.5, 0.6) is 0 Å². The van der Waals surface area contributed by atoms with Gasteiger partial charge in [-0.15, -0.1) is 0 Å². The summed E-state index contributed by atoms with van der Waals surface area (Å²) in [6.45, 7) is 1.77. The number of hydrogen-bond donors (Lipinski definition) is 1. The van der Waals surface area contributed by atoms with Crippen LogP contribution in [0.25, 0.3) is 0 Å². The minimum absolute atomic E-state index is 0.172. The summed E-state index contributed by atoms with van der Waals surface area (Å²) >= 11 is 0. The van der Waals surface area contributed by atoms with Crippen LogP contribution in [-0.4, -0.2) is 10.8 Å². The summed E-state index contributed by atoms with van der Waals surface area (Å²) in [6, 6.07) is 8.82. The molecule has 2 aromatic rings. The quantitative estimate of drug-likeness (QED) is 0.680. The predicted octanol–water partition coefficient (Wildman–Crippen LogP) is 4.17. The van der Waals surface area contributed by atoms with Crippen molar-refractivity contribution in [2.24, 2.45) is 0 Å². The van der Waals surface area contributed by atoms with Crippen molar-refractivity contribution in [3.8, 4) is 0 Å². The first-order valence-electron chi connectivity index (χ1n) is 6.42. The highest BCUT2D eigenvalue weighted by Gasteiger charge is 2.38. The number of rotatable bonds is 3. The Morgan fingerprint density at radius 3 is 2.43 bits per heavy atom. The van der Waals surface area contributed by atoms with E-state index < -0.39 is 28.3 Å². The number of nitrogens with one attached hydrogen (secondary N) is 1. The Bertz CT molecular complexity index is 773. The number of aryl methyl sites for hydroxylation is 1. The second kappa shape index (κ2) is 6.07. The van der Waals surface area contributed by atoms with Crippen LogP contribution in [0.3, 0.4) is 0 Å². The molecular weight excluding hydrogens is 313 g/mol. The van der Waals surface area contributed by atoms with Gasteiger partial charge in [-0.1, -0.05) is 17.7 Å². The van der Waals surface area contributed by atoms with Crippen LogP contribution in [-0.2, 0) is 6.18 Å². The van der Waals surface area contributed by atoms with E-state index in [-0.39, 0.29) is 11.3 Å². The molecule has 23 heavy (non-hydrogen) atoms. The van der Waals surface area contributed by atoms with Gasteiger partial charge in [0.15, 0.2) is 0 Å². The largest absolute Gasteiger partial charge is 0.423 e. The molecule has 2 rings (SSSR count). The van der Waals surface area contributed by atoms with Gasteiger partial charge >= 0.3 is 6.18 Å². The minimum atomic E-state index is -4.90. The number of benzene rings is 2. The van der Waals surface area contributed by atoms with Crippen LogP contribution in [0, 0.1) is 17.0 Å². The Hall–Kier alpha value is -2.90. The number of alkyl halides is 3. The van der Waals surface area contributed by atoms with Gasteiger partial charge in [-0.3, -0.25) is 14.9 Å². The Morgan fingerprint density at radius 2 is 1.87 bits per heavy atom. The number of amides is 1. The monoisotopic (exact) mass is 324 g/mol. The molecule has 120 valence electrons.